The van der Waals surface area contributed by atoms with Crippen LogP contribution >= 0.6 is 0 Å². The minimum atomic E-state index is -1.85. The van der Waals surface area contributed by atoms with Crippen LogP contribution in [0.3, 0.4) is 0 Å². The van der Waals surface area contributed by atoms with Gasteiger partial charge in [0.1, 0.15) is 24.4 Å². The number of esters is 1. The quantitative estimate of drug-likeness (QED) is 0.0736. The van der Waals surface area contributed by atoms with Crippen molar-refractivity contribution >= 4 is 11.8 Å². The van der Waals surface area contributed by atoms with Crippen molar-refractivity contribution in [2.75, 3.05) is 13.7 Å². The Bertz CT molecular complexity index is 1560. The standard InChI is InChI=1S/C40H42O8/c1-3-24-40(37(41)39(42)43-2)38(47-28-33-22-14-7-15-23-33)36(46-27-32-20-12-6-13-21-32)35(45-26-31-18-10-5-11-19-31)34(48-40)29-44-25-30-16-8-4-9-17-30/h3-23,34-36,38H,1,24-29H2,2H3/t34-,35-,36+,38-,40+/m1/s1. The fraction of sp³-hybridized carbons (Fsp3) is 0.300. The van der Waals surface area contributed by atoms with E-state index >= 15 is 0 Å². The van der Waals surface area contributed by atoms with Gasteiger partial charge in [0.2, 0.25) is 0 Å². The second-order valence-electron chi connectivity index (χ2n) is 11.6. The summed E-state index contributed by atoms with van der Waals surface area (Å²) in [6, 6.07) is 38.8. The monoisotopic (exact) mass is 650 g/mol. The van der Waals surface area contributed by atoms with Gasteiger partial charge in [-0.25, -0.2) is 4.79 Å². The molecule has 1 heterocycles. The number of rotatable bonds is 17. The first kappa shape index (κ1) is 34.9. The number of hydrogen-bond donors (Lipinski definition) is 0. The lowest BCUT2D eigenvalue weighted by atomic mass is 9.78. The molecule has 48 heavy (non-hydrogen) atoms. The Kier molecular flexibility index (Phi) is 12.8. The summed E-state index contributed by atoms with van der Waals surface area (Å²) in [5.41, 5.74) is 1.85. The molecule has 250 valence electrons. The molecule has 0 unspecified atom stereocenters. The molecule has 1 aliphatic rings. The molecule has 5 atom stereocenters. The van der Waals surface area contributed by atoms with Crippen LogP contribution in [0.5, 0.6) is 0 Å². The summed E-state index contributed by atoms with van der Waals surface area (Å²) in [7, 11) is 1.17. The van der Waals surface area contributed by atoms with E-state index in [-0.39, 0.29) is 32.8 Å². The second kappa shape index (κ2) is 17.6. The van der Waals surface area contributed by atoms with Crippen molar-refractivity contribution in [2.45, 2.75) is 62.9 Å². The first-order valence-electron chi connectivity index (χ1n) is 16.0. The van der Waals surface area contributed by atoms with Crippen molar-refractivity contribution in [1.82, 2.24) is 0 Å². The second-order valence-corrected chi connectivity index (χ2v) is 11.6. The average Bonchev–Trinajstić information content (AvgIpc) is 3.14. The van der Waals surface area contributed by atoms with Crippen molar-refractivity contribution in [3.05, 3.63) is 156 Å². The van der Waals surface area contributed by atoms with Gasteiger partial charge in [-0.2, -0.15) is 0 Å². The van der Waals surface area contributed by atoms with Gasteiger partial charge in [-0.3, -0.25) is 4.79 Å². The van der Waals surface area contributed by atoms with Crippen LogP contribution in [0.1, 0.15) is 28.7 Å². The number of carbonyl (C=O) groups is 2. The highest BCUT2D eigenvalue weighted by molar-refractivity contribution is 6.37. The van der Waals surface area contributed by atoms with E-state index in [4.69, 9.17) is 28.4 Å². The Morgan fingerprint density at radius 2 is 1.10 bits per heavy atom. The van der Waals surface area contributed by atoms with Crippen molar-refractivity contribution in [3.63, 3.8) is 0 Å². The highest BCUT2D eigenvalue weighted by atomic mass is 16.6. The van der Waals surface area contributed by atoms with Crippen LogP contribution < -0.4 is 0 Å². The van der Waals surface area contributed by atoms with Gasteiger partial charge in [0.05, 0.1) is 40.1 Å². The topological polar surface area (TPSA) is 89.5 Å². The molecule has 1 saturated heterocycles. The van der Waals surface area contributed by atoms with E-state index in [0.717, 1.165) is 22.3 Å². The van der Waals surface area contributed by atoms with Crippen molar-refractivity contribution in [1.29, 1.82) is 0 Å². The molecular formula is C40H42O8. The molecular weight excluding hydrogens is 608 g/mol. The summed E-state index contributed by atoms with van der Waals surface area (Å²) in [6.45, 7) is 4.80. The Hall–Kier alpha value is -4.44. The summed E-state index contributed by atoms with van der Waals surface area (Å²) >= 11 is 0. The molecule has 4 aromatic rings. The number of methoxy groups -OCH3 is 1. The van der Waals surface area contributed by atoms with Gasteiger partial charge in [-0.1, -0.05) is 127 Å². The van der Waals surface area contributed by atoms with Gasteiger partial charge in [0.15, 0.2) is 5.60 Å². The molecule has 0 radical (unpaired) electrons. The number of ketones is 1. The zero-order valence-electron chi connectivity index (χ0n) is 27.1. The van der Waals surface area contributed by atoms with Crippen LogP contribution in [-0.2, 0) is 64.4 Å². The van der Waals surface area contributed by atoms with Gasteiger partial charge in [-0.05, 0) is 22.3 Å². The zero-order chi connectivity index (χ0) is 33.6. The Labute approximate surface area is 282 Å². The SMILES string of the molecule is C=CC[C@@]1(C(=O)C(=O)OC)O[C@H](COCc2ccccc2)[C@@H](OCc2ccccc2)[C@H](OCc2ccccc2)[C@H]1OCc1ccccc1. The molecule has 0 aliphatic carbocycles. The lowest BCUT2D eigenvalue weighted by molar-refractivity contribution is -0.298. The normalized spacial score (nSPS) is 22.1. The third-order valence-electron chi connectivity index (χ3n) is 8.25. The van der Waals surface area contributed by atoms with Crippen molar-refractivity contribution in [2.24, 2.45) is 0 Å². The number of hydrogen-bond acceptors (Lipinski definition) is 8. The first-order valence-corrected chi connectivity index (χ1v) is 16.0. The molecule has 8 heteroatoms. The molecule has 5 rings (SSSR count). The summed E-state index contributed by atoms with van der Waals surface area (Å²) in [4.78, 5) is 27.2. The number of benzene rings is 4. The lowest BCUT2D eigenvalue weighted by Crippen LogP contribution is -2.70. The van der Waals surface area contributed by atoms with Crippen LogP contribution in [0, 0.1) is 0 Å². The van der Waals surface area contributed by atoms with Gasteiger partial charge >= 0.3 is 5.97 Å². The van der Waals surface area contributed by atoms with E-state index in [1.807, 2.05) is 121 Å². The van der Waals surface area contributed by atoms with Gasteiger partial charge < -0.3 is 28.4 Å². The van der Waals surface area contributed by atoms with Gasteiger partial charge in [-0.15, -0.1) is 6.58 Å². The summed E-state index contributed by atoms with van der Waals surface area (Å²) in [5.74, 6) is -1.95. The Morgan fingerprint density at radius 3 is 1.56 bits per heavy atom. The number of carbonyl (C=O) groups excluding carboxylic acids is 2. The van der Waals surface area contributed by atoms with Crippen LogP contribution in [0.4, 0.5) is 0 Å². The zero-order valence-corrected chi connectivity index (χ0v) is 27.1. The fourth-order valence-corrected chi connectivity index (χ4v) is 5.88. The molecule has 0 N–H and O–H groups in total. The molecule has 0 aromatic heterocycles. The maximum absolute atomic E-state index is 14.1. The predicted octanol–water partition coefficient (Wildman–Crippen LogP) is 6.42. The minimum absolute atomic E-state index is 0.0400. The van der Waals surface area contributed by atoms with Crippen LogP contribution in [0.25, 0.3) is 0 Å². The number of ether oxygens (including phenoxy) is 6. The van der Waals surface area contributed by atoms with Crippen LogP contribution in [0.15, 0.2) is 134 Å². The Morgan fingerprint density at radius 1 is 0.667 bits per heavy atom. The maximum atomic E-state index is 14.1. The van der Waals surface area contributed by atoms with E-state index in [9.17, 15) is 9.59 Å². The summed E-state index contributed by atoms with van der Waals surface area (Å²) in [6.07, 6.45) is -2.10. The molecule has 0 saturated carbocycles. The van der Waals surface area contributed by atoms with E-state index in [1.54, 1.807) is 6.08 Å². The average molecular weight is 651 g/mol. The highest BCUT2D eigenvalue weighted by Crippen LogP contribution is 2.40. The molecule has 4 aromatic carbocycles. The van der Waals surface area contributed by atoms with Crippen molar-refractivity contribution < 1.29 is 38.0 Å². The van der Waals surface area contributed by atoms with Crippen LogP contribution in [-0.4, -0.2) is 55.5 Å². The molecule has 8 nitrogen and oxygen atoms in total. The molecule has 1 aliphatic heterocycles. The predicted molar refractivity (Wildman–Crippen MR) is 181 cm³/mol. The summed E-state index contributed by atoms with van der Waals surface area (Å²) in [5, 5.41) is 0. The third kappa shape index (κ3) is 8.92. The van der Waals surface area contributed by atoms with Crippen LogP contribution in [0.2, 0.25) is 0 Å². The molecule has 0 spiro atoms. The minimum Gasteiger partial charge on any atom is -0.463 e. The Balaban J connectivity index is 1.56. The first-order chi connectivity index (χ1) is 23.5. The highest BCUT2D eigenvalue weighted by Gasteiger charge is 2.61. The number of Topliss-reactive ketones (excluding diaryl/α,β-unsaturated/α-hetero) is 1. The third-order valence-corrected chi connectivity index (χ3v) is 8.25. The largest absolute Gasteiger partial charge is 0.463 e. The van der Waals surface area contributed by atoms with Crippen molar-refractivity contribution in [3.8, 4) is 0 Å². The lowest BCUT2D eigenvalue weighted by Gasteiger charge is -2.51. The van der Waals surface area contributed by atoms with E-state index in [1.165, 1.54) is 7.11 Å². The molecule has 0 bridgehead atoms. The van der Waals surface area contributed by atoms with E-state index in [0.29, 0.717) is 6.61 Å². The molecule has 1 fully saturated rings. The van der Waals surface area contributed by atoms with Gasteiger partial charge in [0, 0.05) is 6.42 Å². The molecule has 0 amide bonds. The van der Waals surface area contributed by atoms with E-state index in [2.05, 4.69) is 6.58 Å². The fourth-order valence-electron chi connectivity index (χ4n) is 5.88. The summed E-state index contributed by atoms with van der Waals surface area (Å²) < 4.78 is 37.9. The smallest absolute Gasteiger partial charge is 0.377 e. The van der Waals surface area contributed by atoms with E-state index < -0.39 is 41.8 Å². The van der Waals surface area contributed by atoms with Gasteiger partial charge in [0.25, 0.3) is 5.78 Å². The maximum Gasteiger partial charge on any atom is 0.377 e.